The van der Waals surface area contributed by atoms with Crippen LogP contribution in [0.1, 0.15) is 16.7 Å². The fourth-order valence-corrected chi connectivity index (χ4v) is 2.61. The van der Waals surface area contributed by atoms with Gasteiger partial charge in [0.05, 0.1) is 6.21 Å². The Morgan fingerprint density at radius 2 is 2.00 bits per heavy atom. The molecule has 0 atom stereocenters. The van der Waals surface area contributed by atoms with Crippen molar-refractivity contribution >= 4 is 39.1 Å². The van der Waals surface area contributed by atoms with E-state index in [-0.39, 0.29) is 0 Å². The zero-order chi connectivity index (χ0) is 15.1. The van der Waals surface area contributed by atoms with Crippen LogP contribution in [0.5, 0.6) is 0 Å². The summed E-state index contributed by atoms with van der Waals surface area (Å²) >= 11 is 4.97. The van der Waals surface area contributed by atoms with E-state index in [1.54, 1.807) is 6.21 Å². The fraction of sp³-hybridized carbons (Fsp3) is 0.125. The van der Waals surface area contributed by atoms with Gasteiger partial charge in [-0.1, -0.05) is 70.2 Å². The van der Waals surface area contributed by atoms with Crippen LogP contribution in [0.4, 0.5) is 0 Å². The Balaban J connectivity index is 1.90. The van der Waals surface area contributed by atoms with Crippen molar-refractivity contribution in [3.8, 4) is 0 Å². The van der Waals surface area contributed by atoms with Crippen molar-refractivity contribution in [2.45, 2.75) is 12.7 Å². The van der Waals surface area contributed by atoms with E-state index < -0.39 is 0 Å². The normalized spacial score (nSPS) is 12.0. The highest BCUT2D eigenvalue weighted by atomic mass is 79.9. The topological polar surface area (TPSA) is 50.7 Å². The first-order chi connectivity index (χ1) is 10.1. The second-order valence-corrected chi connectivity index (χ2v) is 6.32. The highest BCUT2D eigenvalue weighted by molar-refractivity contribution is 9.10. The third-order valence-electron chi connectivity index (χ3n) is 2.79. The van der Waals surface area contributed by atoms with E-state index in [0.29, 0.717) is 5.17 Å². The number of rotatable bonds is 4. The lowest BCUT2D eigenvalue weighted by atomic mass is 10.2. The summed E-state index contributed by atoms with van der Waals surface area (Å²) in [5.74, 6) is 0.793. The number of aryl methyl sites for hydroxylation is 1. The molecule has 0 spiro atoms. The van der Waals surface area contributed by atoms with Gasteiger partial charge in [0.2, 0.25) is 0 Å². The number of benzene rings is 2. The highest BCUT2D eigenvalue weighted by Gasteiger charge is 1.97. The van der Waals surface area contributed by atoms with E-state index >= 15 is 0 Å². The van der Waals surface area contributed by atoms with Crippen molar-refractivity contribution in [2.75, 3.05) is 0 Å². The van der Waals surface area contributed by atoms with Crippen LogP contribution in [0.2, 0.25) is 0 Å². The predicted octanol–water partition coefficient (Wildman–Crippen LogP) is 4.34. The lowest BCUT2D eigenvalue weighted by molar-refractivity contribution is 1.25. The van der Waals surface area contributed by atoms with Gasteiger partial charge >= 0.3 is 0 Å². The van der Waals surface area contributed by atoms with E-state index in [9.17, 15) is 0 Å². The average molecular weight is 362 g/mol. The molecule has 0 saturated carbocycles. The van der Waals surface area contributed by atoms with Crippen LogP contribution in [0, 0.1) is 6.92 Å². The Labute approximate surface area is 137 Å². The Morgan fingerprint density at radius 3 is 2.71 bits per heavy atom. The monoisotopic (exact) mass is 361 g/mol. The molecule has 0 fully saturated rings. The third kappa shape index (κ3) is 5.36. The standard InChI is InChI=1S/C16H16BrN3S/c1-12-7-8-14(9-15(12)17)10-19-20-16(18)21-11-13-5-3-2-4-6-13/h2-10H,11H2,1H3,(H2,18,20). The van der Waals surface area contributed by atoms with E-state index in [1.807, 2.05) is 43.3 Å². The molecule has 2 aromatic rings. The van der Waals surface area contributed by atoms with Crippen molar-refractivity contribution in [1.29, 1.82) is 0 Å². The maximum absolute atomic E-state index is 5.83. The van der Waals surface area contributed by atoms with Gasteiger partial charge in [-0.25, -0.2) is 0 Å². The number of nitrogens with zero attached hydrogens (tertiary/aromatic N) is 2. The average Bonchev–Trinajstić information content (AvgIpc) is 2.50. The van der Waals surface area contributed by atoms with Gasteiger partial charge in [-0.3, -0.25) is 0 Å². The Kier molecular flexibility index (Phi) is 6.02. The zero-order valence-corrected chi connectivity index (χ0v) is 14.1. The Hall–Kier alpha value is -1.59. The van der Waals surface area contributed by atoms with Crippen molar-refractivity contribution in [3.63, 3.8) is 0 Å². The number of amidine groups is 1. The van der Waals surface area contributed by atoms with Crippen molar-refractivity contribution in [2.24, 2.45) is 15.9 Å². The molecule has 0 heterocycles. The molecule has 2 aromatic carbocycles. The summed E-state index contributed by atoms with van der Waals surface area (Å²) in [4.78, 5) is 0. The molecule has 0 aliphatic heterocycles. The van der Waals surface area contributed by atoms with E-state index in [4.69, 9.17) is 5.73 Å². The molecule has 0 amide bonds. The van der Waals surface area contributed by atoms with Gasteiger partial charge in [0.1, 0.15) is 0 Å². The summed E-state index contributed by atoms with van der Waals surface area (Å²) < 4.78 is 1.06. The van der Waals surface area contributed by atoms with E-state index in [0.717, 1.165) is 15.8 Å². The molecule has 0 bridgehead atoms. The summed E-state index contributed by atoms with van der Waals surface area (Å²) in [6.07, 6.45) is 1.69. The molecule has 0 aliphatic carbocycles. The van der Waals surface area contributed by atoms with Crippen LogP contribution in [0.3, 0.4) is 0 Å². The van der Waals surface area contributed by atoms with Crippen LogP contribution >= 0.6 is 27.7 Å². The van der Waals surface area contributed by atoms with Crippen LogP contribution < -0.4 is 5.73 Å². The molecule has 2 rings (SSSR count). The first-order valence-corrected chi connectivity index (χ1v) is 8.22. The van der Waals surface area contributed by atoms with E-state index in [2.05, 4.69) is 38.3 Å². The van der Waals surface area contributed by atoms with Gasteiger partial charge in [0.15, 0.2) is 5.17 Å². The van der Waals surface area contributed by atoms with Crippen LogP contribution in [-0.2, 0) is 5.75 Å². The molecule has 0 unspecified atom stereocenters. The van der Waals surface area contributed by atoms with Crippen molar-refractivity contribution < 1.29 is 0 Å². The number of halogens is 1. The zero-order valence-electron chi connectivity index (χ0n) is 11.7. The Morgan fingerprint density at radius 1 is 1.24 bits per heavy atom. The first-order valence-electron chi connectivity index (χ1n) is 6.44. The Bertz CT molecular complexity index is 654. The van der Waals surface area contributed by atoms with E-state index in [1.165, 1.54) is 22.9 Å². The maximum atomic E-state index is 5.83. The maximum Gasteiger partial charge on any atom is 0.180 e. The third-order valence-corrected chi connectivity index (χ3v) is 4.50. The largest absolute Gasteiger partial charge is 0.377 e. The molecule has 0 aromatic heterocycles. The first kappa shape index (κ1) is 15.8. The number of hydrogen-bond donors (Lipinski definition) is 1. The summed E-state index contributed by atoms with van der Waals surface area (Å²) in [7, 11) is 0. The van der Waals surface area contributed by atoms with Crippen molar-refractivity contribution in [3.05, 3.63) is 69.7 Å². The molecule has 2 N–H and O–H groups in total. The molecule has 0 radical (unpaired) electrons. The summed E-state index contributed by atoms with van der Waals surface area (Å²) in [6.45, 7) is 2.04. The van der Waals surface area contributed by atoms with Gasteiger partial charge in [-0.15, -0.1) is 5.10 Å². The number of thioether (sulfide) groups is 1. The molecular formula is C16H16BrN3S. The predicted molar refractivity (Wildman–Crippen MR) is 95.8 cm³/mol. The number of nitrogens with two attached hydrogens (primary N) is 1. The van der Waals surface area contributed by atoms with Gasteiger partial charge in [0, 0.05) is 10.2 Å². The van der Waals surface area contributed by atoms with Gasteiger partial charge in [-0.2, -0.15) is 5.10 Å². The molecular weight excluding hydrogens is 346 g/mol. The molecule has 3 nitrogen and oxygen atoms in total. The quantitative estimate of drug-likeness (QED) is 0.500. The van der Waals surface area contributed by atoms with Gasteiger partial charge in [0.25, 0.3) is 0 Å². The molecule has 108 valence electrons. The summed E-state index contributed by atoms with van der Waals surface area (Å²) in [5.41, 5.74) is 9.22. The lowest BCUT2D eigenvalue weighted by Gasteiger charge is -1.99. The summed E-state index contributed by atoms with van der Waals surface area (Å²) in [6, 6.07) is 16.2. The number of hydrogen-bond acceptors (Lipinski definition) is 3. The van der Waals surface area contributed by atoms with Crippen LogP contribution in [0.15, 0.2) is 63.2 Å². The van der Waals surface area contributed by atoms with Gasteiger partial charge in [-0.05, 0) is 29.7 Å². The van der Waals surface area contributed by atoms with Crippen molar-refractivity contribution in [1.82, 2.24) is 0 Å². The minimum absolute atomic E-state index is 0.460. The molecule has 5 heteroatoms. The smallest absolute Gasteiger partial charge is 0.180 e. The fourth-order valence-electron chi connectivity index (χ4n) is 1.60. The second-order valence-electron chi connectivity index (χ2n) is 4.47. The molecule has 21 heavy (non-hydrogen) atoms. The second kappa shape index (κ2) is 8.00. The van der Waals surface area contributed by atoms with Crippen LogP contribution in [-0.4, -0.2) is 11.4 Å². The minimum atomic E-state index is 0.460. The minimum Gasteiger partial charge on any atom is -0.377 e. The lowest BCUT2D eigenvalue weighted by Crippen LogP contribution is -2.05. The highest BCUT2D eigenvalue weighted by Crippen LogP contribution is 2.16. The molecule has 0 aliphatic rings. The van der Waals surface area contributed by atoms with Gasteiger partial charge < -0.3 is 5.73 Å². The van der Waals surface area contributed by atoms with Crippen LogP contribution in [0.25, 0.3) is 0 Å². The summed E-state index contributed by atoms with van der Waals surface area (Å²) in [5, 5.41) is 8.48. The molecule has 0 saturated heterocycles. The SMILES string of the molecule is Cc1ccc(C=NN=C(N)SCc2ccccc2)cc1Br.